The second kappa shape index (κ2) is 7.25. The second-order valence-electron chi connectivity index (χ2n) is 3.98. The van der Waals surface area contributed by atoms with Crippen molar-refractivity contribution < 1.29 is 41.4 Å². The van der Waals surface area contributed by atoms with Gasteiger partial charge in [0.05, 0.1) is 16.3 Å². The summed E-state index contributed by atoms with van der Waals surface area (Å²) in [7, 11) is -4.67. The van der Waals surface area contributed by atoms with Gasteiger partial charge in [-0.3, -0.25) is 9.59 Å². The van der Waals surface area contributed by atoms with Crippen molar-refractivity contribution in [1.29, 1.82) is 0 Å². The Balaban J connectivity index is 0.00000361. The van der Waals surface area contributed by atoms with E-state index in [1.54, 1.807) is 0 Å². The summed E-state index contributed by atoms with van der Waals surface area (Å²) < 4.78 is 32.7. The molecule has 1 N–H and O–H groups in total. The molecule has 0 radical (unpaired) electrons. The molecule has 0 unspecified atom stereocenters. The quantitative estimate of drug-likeness (QED) is 0.413. The topological polar surface area (TPSA) is 103 Å². The number of rotatable bonds is 4. The maximum Gasteiger partial charge on any atom is 1.00 e. The minimum Gasteiger partial charge on any atom is -0.744 e. The minimum atomic E-state index is -4.67. The standard InChI is InChI=1S/C11H12ClNO5S.Li/c1-6-3-10(19(16,17)18)8(12)5-9(6)13-11(15)4-7(2)14;/h3,5H,4H2,1-2H3,(H,13,15)(H,16,17,18);/q;+1/p-1. The normalized spacial score (nSPS) is 10.6. The molecule has 20 heavy (non-hydrogen) atoms. The molecule has 104 valence electrons. The fraction of sp³-hybridized carbons (Fsp3) is 0.273. The molecule has 0 aliphatic rings. The van der Waals surface area contributed by atoms with Crippen molar-refractivity contribution in [2.24, 2.45) is 0 Å². The van der Waals surface area contributed by atoms with E-state index in [0.29, 0.717) is 5.56 Å². The van der Waals surface area contributed by atoms with Crippen LogP contribution in [0.2, 0.25) is 5.02 Å². The van der Waals surface area contributed by atoms with Crippen molar-refractivity contribution in [1.82, 2.24) is 0 Å². The molecule has 0 saturated heterocycles. The van der Waals surface area contributed by atoms with Crippen LogP contribution in [-0.2, 0) is 19.7 Å². The number of amides is 1. The summed E-state index contributed by atoms with van der Waals surface area (Å²) in [5.41, 5.74) is 0.611. The van der Waals surface area contributed by atoms with Crippen LogP contribution < -0.4 is 24.2 Å². The Morgan fingerprint density at radius 2 is 1.90 bits per heavy atom. The monoisotopic (exact) mass is 311 g/mol. The summed E-state index contributed by atoms with van der Waals surface area (Å²) in [5, 5.41) is 2.14. The molecule has 1 amide bonds. The fourth-order valence-corrected chi connectivity index (χ4v) is 2.47. The Kier molecular flexibility index (Phi) is 6.94. The molecule has 0 saturated carbocycles. The Bertz CT molecular complexity index is 644. The maximum atomic E-state index is 11.4. The van der Waals surface area contributed by atoms with E-state index >= 15 is 0 Å². The van der Waals surface area contributed by atoms with Gasteiger partial charge in [-0.05, 0) is 31.5 Å². The molecule has 1 rings (SSSR count). The summed E-state index contributed by atoms with van der Waals surface area (Å²) in [6.07, 6.45) is -0.293. The average Bonchev–Trinajstić information content (AvgIpc) is 2.19. The van der Waals surface area contributed by atoms with E-state index in [2.05, 4.69) is 5.32 Å². The van der Waals surface area contributed by atoms with Gasteiger partial charge < -0.3 is 9.87 Å². The largest absolute Gasteiger partial charge is 1.00 e. The van der Waals surface area contributed by atoms with E-state index in [-0.39, 0.29) is 41.8 Å². The molecule has 0 aliphatic heterocycles. The number of anilines is 1. The number of nitrogens with one attached hydrogen (secondary N) is 1. The first-order valence-electron chi connectivity index (χ1n) is 5.16. The summed E-state index contributed by atoms with van der Waals surface area (Å²) in [6, 6.07) is 2.24. The Morgan fingerprint density at radius 3 is 2.35 bits per heavy atom. The van der Waals surface area contributed by atoms with E-state index in [9.17, 15) is 22.6 Å². The summed E-state index contributed by atoms with van der Waals surface area (Å²) in [4.78, 5) is 21.6. The van der Waals surface area contributed by atoms with Crippen LogP contribution in [0.5, 0.6) is 0 Å². The van der Waals surface area contributed by atoms with Crippen molar-refractivity contribution in [3.05, 3.63) is 22.7 Å². The molecule has 9 heteroatoms. The SMILES string of the molecule is CC(=O)CC(=O)Nc1cc(Cl)c(S(=O)(=O)[O-])cc1C.[Li+]. The summed E-state index contributed by atoms with van der Waals surface area (Å²) in [6.45, 7) is 2.78. The zero-order valence-electron chi connectivity index (χ0n) is 11.2. The van der Waals surface area contributed by atoms with E-state index in [0.717, 1.165) is 6.07 Å². The number of hydrogen-bond donors (Lipinski definition) is 1. The predicted molar refractivity (Wildman–Crippen MR) is 68.1 cm³/mol. The van der Waals surface area contributed by atoms with Gasteiger partial charge in [0.25, 0.3) is 0 Å². The number of hydrogen-bond acceptors (Lipinski definition) is 5. The van der Waals surface area contributed by atoms with Gasteiger partial charge >= 0.3 is 18.9 Å². The first kappa shape index (κ1) is 19.2. The molecular formula is C11H11ClLiNO5S. The minimum absolute atomic E-state index is 0. The molecule has 1 aromatic carbocycles. The van der Waals surface area contributed by atoms with Gasteiger partial charge in [0.15, 0.2) is 0 Å². The molecule has 0 atom stereocenters. The van der Waals surface area contributed by atoms with Crippen molar-refractivity contribution in [2.75, 3.05) is 5.32 Å². The molecule has 1 aromatic rings. The molecule has 6 nitrogen and oxygen atoms in total. The Labute approximate surface area is 133 Å². The summed E-state index contributed by atoms with van der Waals surface area (Å²) in [5.74, 6) is -0.843. The van der Waals surface area contributed by atoms with Crippen LogP contribution >= 0.6 is 11.6 Å². The van der Waals surface area contributed by atoms with Crippen molar-refractivity contribution >= 4 is 39.1 Å². The zero-order valence-corrected chi connectivity index (χ0v) is 12.8. The van der Waals surface area contributed by atoms with Gasteiger partial charge in [-0.2, -0.15) is 0 Å². The number of ketones is 1. The van der Waals surface area contributed by atoms with E-state index in [4.69, 9.17) is 11.6 Å². The van der Waals surface area contributed by atoms with E-state index < -0.39 is 20.9 Å². The third-order valence-corrected chi connectivity index (χ3v) is 3.53. The van der Waals surface area contributed by atoms with Crippen LogP contribution in [0.3, 0.4) is 0 Å². The molecule has 0 heterocycles. The number of benzene rings is 1. The molecule has 0 aromatic heterocycles. The zero-order chi connectivity index (χ0) is 14.8. The van der Waals surface area contributed by atoms with Crippen LogP contribution in [0.25, 0.3) is 0 Å². The molecule has 0 fully saturated rings. The molecule has 0 aliphatic carbocycles. The third-order valence-electron chi connectivity index (χ3n) is 2.23. The first-order valence-corrected chi connectivity index (χ1v) is 6.95. The van der Waals surface area contributed by atoms with Crippen molar-refractivity contribution in [3.8, 4) is 0 Å². The van der Waals surface area contributed by atoms with Gasteiger partial charge in [-0.25, -0.2) is 8.42 Å². The van der Waals surface area contributed by atoms with Crippen molar-refractivity contribution in [3.63, 3.8) is 0 Å². The number of Topliss-reactive ketones (excluding diaryl/α,β-unsaturated/α-hetero) is 1. The van der Waals surface area contributed by atoms with Gasteiger partial charge in [-0.15, -0.1) is 0 Å². The first-order chi connectivity index (χ1) is 8.61. The molecule has 0 spiro atoms. The average molecular weight is 312 g/mol. The number of halogens is 1. The van der Waals surface area contributed by atoms with E-state index in [1.807, 2.05) is 0 Å². The van der Waals surface area contributed by atoms with Gasteiger partial charge in [0, 0.05) is 5.69 Å². The Hall–Kier alpha value is -0.843. The predicted octanol–water partition coefficient (Wildman–Crippen LogP) is -1.53. The fourth-order valence-electron chi connectivity index (χ4n) is 1.40. The van der Waals surface area contributed by atoms with E-state index in [1.165, 1.54) is 19.9 Å². The molecule has 0 bridgehead atoms. The smallest absolute Gasteiger partial charge is 0.744 e. The van der Waals surface area contributed by atoms with Crippen molar-refractivity contribution in [2.45, 2.75) is 25.2 Å². The Morgan fingerprint density at radius 1 is 1.35 bits per heavy atom. The maximum absolute atomic E-state index is 11.4. The second-order valence-corrected chi connectivity index (χ2v) is 5.73. The number of aryl methyl sites for hydroxylation is 1. The summed E-state index contributed by atoms with van der Waals surface area (Å²) >= 11 is 5.68. The number of carbonyl (C=O) groups is 2. The van der Waals surface area contributed by atoms with Crippen LogP contribution in [0.15, 0.2) is 17.0 Å². The number of carbonyl (C=O) groups excluding carboxylic acids is 2. The van der Waals surface area contributed by atoms with Gasteiger partial charge in [0.1, 0.15) is 15.9 Å². The molecular weight excluding hydrogens is 301 g/mol. The van der Waals surface area contributed by atoms with Crippen LogP contribution in [0.1, 0.15) is 18.9 Å². The van der Waals surface area contributed by atoms with Crippen LogP contribution in [0.4, 0.5) is 5.69 Å². The van der Waals surface area contributed by atoms with Gasteiger partial charge in [-0.1, -0.05) is 11.6 Å². The van der Waals surface area contributed by atoms with Gasteiger partial charge in [0.2, 0.25) is 5.91 Å². The third kappa shape index (κ3) is 5.27. The van der Waals surface area contributed by atoms with Crippen LogP contribution in [-0.4, -0.2) is 24.7 Å². The van der Waals surface area contributed by atoms with Crippen LogP contribution in [0, 0.1) is 6.92 Å².